The van der Waals surface area contributed by atoms with Crippen LogP contribution in [0.15, 0.2) is 0 Å². The molecule has 1 rings (SSSR count). The molecule has 3 heteroatoms. The van der Waals surface area contributed by atoms with Gasteiger partial charge >= 0.3 is 0 Å². The maximum atomic E-state index is 10.3. The van der Waals surface area contributed by atoms with Crippen molar-refractivity contribution >= 4 is 0 Å². The van der Waals surface area contributed by atoms with E-state index in [0.717, 1.165) is 0 Å². The topological polar surface area (TPSA) is 55.5 Å². The Kier molecular flexibility index (Phi) is 2.47. The molecule has 0 aliphatic carbocycles. The highest BCUT2D eigenvalue weighted by Crippen LogP contribution is 2.39. The molecule has 0 aromatic carbocycles. The molecule has 1 heterocycles. The molecule has 72 valence electrons. The standard InChI is InChI=1S/C9H19NO2/c1-7-4-12-6-8(2,3)9(7,11)5-10/h7,11H,4-6,10H2,1-3H3. The van der Waals surface area contributed by atoms with Crippen LogP contribution in [0.2, 0.25) is 0 Å². The first kappa shape index (κ1) is 9.96. The third-order valence-electron chi connectivity index (χ3n) is 3.13. The van der Waals surface area contributed by atoms with Crippen molar-refractivity contribution in [1.82, 2.24) is 0 Å². The van der Waals surface area contributed by atoms with Crippen LogP contribution >= 0.6 is 0 Å². The van der Waals surface area contributed by atoms with Crippen molar-refractivity contribution in [2.75, 3.05) is 19.8 Å². The first-order valence-corrected chi connectivity index (χ1v) is 4.44. The molecule has 1 aliphatic heterocycles. The molecule has 0 amide bonds. The van der Waals surface area contributed by atoms with Crippen molar-refractivity contribution in [2.24, 2.45) is 17.1 Å². The summed E-state index contributed by atoms with van der Waals surface area (Å²) >= 11 is 0. The minimum atomic E-state index is -0.773. The zero-order chi connectivity index (χ0) is 9.41. The first-order chi connectivity index (χ1) is 5.44. The molecule has 0 bridgehead atoms. The van der Waals surface area contributed by atoms with Crippen LogP contribution in [0.5, 0.6) is 0 Å². The lowest BCUT2D eigenvalue weighted by atomic mass is 9.67. The molecular weight excluding hydrogens is 154 g/mol. The van der Waals surface area contributed by atoms with E-state index in [4.69, 9.17) is 10.5 Å². The second kappa shape index (κ2) is 2.98. The third kappa shape index (κ3) is 1.26. The lowest BCUT2D eigenvalue weighted by molar-refractivity contribution is -0.184. The monoisotopic (exact) mass is 173 g/mol. The molecule has 1 aliphatic rings. The number of ether oxygens (including phenoxy) is 1. The molecule has 2 atom stereocenters. The maximum Gasteiger partial charge on any atom is 0.0889 e. The summed E-state index contributed by atoms with van der Waals surface area (Å²) in [6.07, 6.45) is 0. The van der Waals surface area contributed by atoms with E-state index < -0.39 is 5.60 Å². The van der Waals surface area contributed by atoms with Gasteiger partial charge in [0, 0.05) is 17.9 Å². The highest BCUT2D eigenvalue weighted by Gasteiger charge is 2.49. The van der Waals surface area contributed by atoms with Crippen LogP contribution in [0.4, 0.5) is 0 Å². The van der Waals surface area contributed by atoms with E-state index in [1.807, 2.05) is 20.8 Å². The fourth-order valence-corrected chi connectivity index (χ4v) is 1.90. The van der Waals surface area contributed by atoms with E-state index >= 15 is 0 Å². The maximum absolute atomic E-state index is 10.3. The predicted molar refractivity (Wildman–Crippen MR) is 47.8 cm³/mol. The van der Waals surface area contributed by atoms with Gasteiger partial charge in [-0.05, 0) is 0 Å². The Balaban J connectivity index is 2.88. The van der Waals surface area contributed by atoms with E-state index in [9.17, 15) is 5.11 Å². The Morgan fingerprint density at radius 1 is 1.58 bits per heavy atom. The van der Waals surface area contributed by atoms with Gasteiger partial charge in [0.1, 0.15) is 0 Å². The van der Waals surface area contributed by atoms with Gasteiger partial charge in [0.05, 0.1) is 18.8 Å². The lowest BCUT2D eigenvalue weighted by Crippen LogP contribution is -2.61. The minimum absolute atomic E-state index is 0.117. The number of aliphatic hydroxyl groups is 1. The Morgan fingerprint density at radius 2 is 2.17 bits per heavy atom. The SMILES string of the molecule is CC1COCC(C)(C)C1(O)CN. The van der Waals surface area contributed by atoms with Crippen LogP contribution in [0.25, 0.3) is 0 Å². The van der Waals surface area contributed by atoms with Crippen molar-refractivity contribution in [3.63, 3.8) is 0 Å². The molecule has 1 fully saturated rings. The normalized spacial score (nSPS) is 41.2. The zero-order valence-electron chi connectivity index (χ0n) is 8.13. The van der Waals surface area contributed by atoms with Gasteiger partial charge in [-0.2, -0.15) is 0 Å². The number of rotatable bonds is 1. The zero-order valence-corrected chi connectivity index (χ0v) is 8.13. The molecule has 0 saturated carbocycles. The number of hydrogen-bond acceptors (Lipinski definition) is 3. The average Bonchev–Trinajstić information content (AvgIpc) is 2.00. The summed E-state index contributed by atoms with van der Waals surface area (Å²) in [5, 5.41) is 10.3. The molecule has 2 unspecified atom stereocenters. The van der Waals surface area contributed by atoms with Crippen LogP contribution < -0.4 is 5.73 Å². The van der Waals surface area contributed by atoms with Crippen LogP contribution in [0.3, 0.4) is 0 Å². The minimum Gasteiger partial charge on any atom is -0.388 e. The van der Waals surface area contributed by atoms with E-state index in [2.05, 4.69) is 0 Å². The molecule has 12 heavy (non-hydrogen) atoms. The lowest BCUT2D eigenvalue weighted by Gasteiger charge is -2.49. The van der Waals surface area contributed by atoms with Crippen LogP contribution in [-0.2, 0) is 4.74 Å². The van der Waals surface area contributed by atoms with Crippen molar-refractivity contribution in [1.29, 1.82) is 0 Å². The smallest absolute Gasteiger partial charge is 0.0889 e. The molecule has 0 spiro atoms. The molecule has 0 aromatic rings. The van der Waals surface area contributed by atoms with Crippen LogP contribution in [0, 0.1) is 11.3 Å². The van der Waals surface area contributed by atoms with E-state index in [1.54, 1.807) is 0 Å². The molecule has 1 saturated heterocycles. The summed E-state index contributed by atoms with van der Waals surface area (Å²) in [5.74, 6) is 0.117. The first-order valence-electron chi connectivity index (χ1n) is 4.44. The van der Waals surface area contributed by atoms with E-state index in [0.29, 0.717) is 19.8 Å². The van der Waals surface area contributed by atoms with Gasteiger partial charge in [0.15, 0.2) is 0 Å². The third-order valence-corrected chi connectivity index (χ3v) is 3.13. The molecule has 0 radical (unpaired) electrons. The van der Waals surface area contributed by atoms with Gasteiger partial charge in [-0.15, -0.1) is 0 Å². The summed E-state index contributed by atoms with van der Waals surface area (Å²) < 4.78 is 5.38. The van der Waals surface area contributed by atoms with Crippen LogP contribution in [-0.4, -0.2) is 30.5 Å². The van der Waals surface area contributed by atoms with E-state index in [-0.39, 0.29) is 11.3 Å². The fourth-order valence-electron chi connectivity index (χ4n) is 1.90. The Hall–Kier alpha value is -0.120. The number of hydrogen-bond donors (Lipinski definition) is 2. The van der Waals surface area contributed by atoms with Crippen molar-refractivity contribution in [2.45, 2.75) is 26.4 Å². The Labute approximate surface area is 73.9 Å². The van der Waals surface area contributed by atoms with Gasteiger partial charge in [-0.25, -0.2) is 0 Å². The summed E-state index contributed by atoms with van der Waals surface area (Å²) in [6.45, 7) is 7.48. The molecule has 3 nitrogen and oxygen atoms in total. The fraction of sp³-hybridized carbons (Fsp3) is 1.00. The Morgan fingerprint density at radius 3 is 2.50 bits per heavy atom. The van der Waals surface area contributed by atoms with Gasteiger partial charge in [0.25, 0.3) is 0 Å². The van der Waals surface area contributed by atoms with Crippen molar-refractivity contribution in [3.05, 3.63) is 0 Å². The van der Waals surface area contributed by atoms with Gasteiger partial charge in [0.2, 0.25) is 0 Å². The molecule has 3 N–H and O–H groups in total. The Bertz CT molecular complexity index is 170. The van der Waals surface area contributed by atoms with Gasteiger partial charge < -0.3 is 15.6 Å². The molecular formula is C9H19NO2. The van der Waals surface area contributed by atoms with E-state index in [1.165, 1.54) is 0 Å². The summed E-state index contributed by atoms with van der Waals surface area (Å²) in [7, 11) is 0. The average molecular weight is 173 g/mol. The largest absolute Gasteiger partial charge is 0.388 e. The second-order valence-electron chi connectivity index (χ2n) is 4.43. The van der Waals surface area contributed by atoms with Gasteiger partial charge in [-0.3, -0.25) is 0 Å². The summed E-state index contributed by atoms with van der Waals surface area (Å²) in [4.78, 5) is 0. The quantitative estimate of drug-likeness (QED) is 0.602. The van der Waals surface area contributed by atoms with Gasteiger partial charge in [-0.1, -0.05) is 20.8 Å². The highest BCUT2D eigenvalue weighted by atomic mass is 16.5. The van der Waals surface area contributed by atoms with Crippen molar-refractivity contribution in [3.8, 4) is 0 Å². The summed E-state index contributed by atoms with van der Waals surface area (Å²) in [5.41, 5.74) is 4.59. The summed E-state index contributed by atoms with van der Waals surface area (Å²) in [6, 6.07) is 0. The number of nitrogens with two attached hydrogens (primary N) is 1. The molecule has 0 aromatic heterocycles. The van der Waals surface area contributed by atoms with Crippen LogP contribution in [0.1, 0.15) is 20.8 Å². The predicted octanol–water partition coefficient (Wildman–Crippen LogP) is 0.369. The van der Waals surface area contributed by atoms with Crippen molar-refractivity contribution < 1.29 is 9.84 Å². The second-order valence-corrected chi connectivity index (χ2v) is 4.43. The highest BCUT2D eigenvalue weighted by molar-refractivity contribution is 5.00.